The molecular formula is C11H14BrNO5S. The summed E-state index contributed by atoms with van der Waals surface area (Å²) in [5.41, 5.74) is 0.504. The van der Waals surface area contributed by atoms with Gasteiger partial charge in [-0.1, -0.05) is 22.0 Å². The Morgan fingerprint density at radius 2 is 2.11 bits per heavy atom. The van der Waals surface area contributed by atoms with Crippen LogP contribution < -0.4 is 4.72 Å². The molecule has 0 bridgehead atoms. The summed E-state index contributed by atoms with van der Waals surface area (Å²) < 4.78 is 26.9. The molecule has 1 atom stereocenters. The third kappa shape index (κ3) is 4.27. The molecule has 0 aromatic heterocycles. The molecule has 106 valence electrons. The molecule has 1 aromatic carbocycles. The molecular weight excluding hydrogens is 338 g/mol. The molecule has 1 rings (SSSR count). The lowest BCUT2D eigenvalue weighted by Crippen LogP contribution is -2.41. The highest BCUT2D eigenvalue weighted by Gasteiger charge is 2.26. The van der Waals surface area contributed by atoms with E-state index in [4.69, 9.17) is 10.2 Å². The van der Waals surface area contributed by atoms with Gasteiger partial charge >= 0.3 is 5.97 Å². The van der Waals surface area contributed by atoms with Gasteiger partial charge in [0.15, 0.2) is 0 Å². The number of aliphatic hydroxyl groups excluding tert-OH is 1. The highest BCUT2D eigenvalue weighted by molar-refractivity contribution is 9.10. The summed E-state index contributed by atoms with van der Waals surface area (Å²) in [7, 11) is -3.95. The van der Waals surface area contributed by atoms with E-state index in [1.165, 1.54) is 6.07 Å². The second kappa shape index (κ2) is 6.47. The topological polar surface area (TPSA) is 104 Å². The van der Waals surface area contributed by atoms with Crippen LogP contribution in [0.5, 0.6) is 0 Å². The van der Waals surface area contributed by atoms with Crippen LogP contribution in [0.1, 0.15) is 12.0 Å². The molecule has 1 unspecified atom stereocenters. The summed E-state index contributed by atoms with van der Waals surface area (Å²) >= 11 is 3.17. The number of rotatable bonds is 6. The molecule has 8 heteroatoms. The van der Waals surface area contributed by atoms with Crippen LogP contribution in [-0.4, -0.2) is 37.2 Å². The van der Waals surface area contributed by atoms with Crippen molar-refractivity contribution in [2.75, 3.05) is 6.61 Å². The fraction of sp³-hybridized carbons (Fsp3) is 0.364. The van der Waals surface area contributed by atoms with Crippen LogP contribution in [0.3, 0.4) is 0 Å². The number of aliphatic carboxylic acids is 1. The third-order valence-electron chi connectivity index (χ3n) is 2.45. The standard InChI is InChI=1S/C11H14BrNO5S/c1-7-2-3-8(12)6-10(7)19(17,18)13-9(4-5-14)11(15)16/h2-3,6,9,13-14H,4-5H2,1H3,(H,15,16). The maximum absolute atomic E-state index is 12.1. The van der Waals surface area contributed by atoms with Crippen molar-refractivity contribution >= 4 is 31.9 Å². The fourth-order valence-corrected chi connectivity index (χ4v) is 3.48. The van der Waals surface area contributed by atoms with Crippen LogP contribution in [0.4, 0.5) is 0 Å². The number of carboxylic acids is 1. The van der Waals surface area contributed by atoms with Crippen LogP contribution in [0.15, 0.2) is 27.6 Å². The number of carbonyl (C=O) groups is 1. The lowest BCUT2D eigenvalue weighted by molar-refractivity contribution is -0.139. The quantitative estimate of drug-likeness (QED) is 0.705. The van der Waals surface area contributed by atoms with Crippen LogP contribution in [0, 0.1) is 6.92 Å². The second-order valence-electron chi connectivity index (χ2n) is 3.93. The Kier molecular flexibility index (Phi) is 5.48. The van der Waals surface area contributed by atoms with Crippen LogP contribution in [0.2, 0.25) is 0 Å². The molecule has 0 aliphatic rings. The van der Waals surface area contributed by atoms with E-state index in [9.17, 15) is 13.2 Å². The molecule has 0 aliphatic heterocycles. The Morgan fingerprint density at radius 1 is 1.47 bits per heavy atom. The second-order valence-corrected chi connectivity index (χ2v) is 6.53. The number of carboxylic acid groups (broad SMARTS) is 1. The molecule has 0 fully saturated rings. The molecule has 0 aliphatic carbocycles. The minimum absolute atomic E-state index is 0.00562. The normalized spacial score (nSPS) is 13.2. The number of hydrogen-bond donors (Lipinski definition) is 3. The summed E-state index contributed by atoms with van der Waals surface area (Å²) in [6.45, 7) is 1.19. The van der Waals surface area contributed by atoms with E-state index in [0.717, 1.165) is 0 Å². The van der Waals surface area contributed by atoms with Crippen molar-refractivity contribution in [3.63, 3.8) is 0 Å². The van der Waals surface area contributed by atoms with E-state index in [-0.39, 0.29) is 11.3 Å². The lowest BCUT2D eigenvalue weighted by atomic mass is 10.2. The number of aryl methyl sites for hydroxylation is 1. The van der Waals surface area contributed by atoms with E-state index in [2.05, 4.69) is 20.7 Å². The van der Waals surface area contributed by atoms with Gasteiger partial charge < -0.3 is 10.2 Å². The van der Waals surface area contributed by atoms with E-state index in [1.807, 2.05) is 0 Å². The maximum atomic E-state index is 12.1. The largest absolute Gasteiger partial charge is 0.480 e. The summed E-state index contributed by atoms with van der Waals surface area (Å²) in [4.78, 5) is 10.9. The number of aliphatic hydroxyl groups is 1. The average molecular weight is 352 g/mol. The first kappa shape index (κ1) is 16.1. The molecule has 0 radical (unpaired) electrons. The van der Waals surface area contributed by atoms with E-state index < -0.39 is 28.6 Å². The number of sulfonamides is 1. The van der Waals surface area contributed by atoms with Gasteiger partial charge in [-0.3, -0.25) is 4.79 Å². The van der Waals surface area contributed by atoms with Gasteiger partial charge in [0.05, 0.1) is 4.90 Å². The number of halogens is 1. The van der Waals surface area contributed by atoms with Crippen molar-refractivity contribution in [2.24, 2.45) is 0 Å². The summed E-state index contributed by atoms with van der Waals surface area (Å²) in [5.74, 6) is -1.33. The van der Waals surface area contributed by atoms with Crippen molar-refractivity contribution in [3.8, 4) is 0 Å². The van der Waals surface area contributed by atoms with Crippen molar-refractivity contribution in [3.05, 3.63) is 28.2 Å². The molecule has 0 spiro atoms. The molecule has 1 aromatic rings. The van der Waals surface area contributed by atoms with Gasteiger partial charge in [-0.2, -0.15) is 4.72 Å². The Morgan fingerprint density at radius 3 is 2.63 bits per heavy atom. The fourth-order valence-electron chi connectivity index (χ4n) is 1.48. The maximum Gasteiger partial charge on any atom is 0.321 e. The number of benzene rings is 1. The van der Waals surface area contributed by atoms with Crippen molar-refractivity contribution in [1.82, 2.24) is 4.72 Å². The van der Waals surface area contributed by atoms with Gasteiger partial charge in [-0.25, -0.2) is 8.42 Å². The number of nitrogens with one attached hydrogen (secondary N) is 1. The van der Waals surface area contributed by atoms with Crippen molar-refractivity contribution in [1.29, 1.82) is 0 Å². The predicted molar refractivity (Wildman–Crippen MR) is 72.3 cm³/mol. The van der Waals surface area contributed by atoms with Crippen LogP contribution in [-0.2, 0) is 14.8 Å². The Balaban J connectivity index is 3.10. The Labute approximate surface area is 119 Å². The predicted octanol–water partition coefficient (Wildman–Crippen LogP) is 0.871. The third-order valence-corrected chi connectivity index (χ3v) is 4.56. The molecule has 0 saturated heterocycles. The van der Waals surface area contributed by atoms with E-state index in [0.29, 0.717) is 10.0 Å². The van der Waals surface area contributed by atoms with Gasteiger partial charge in [0.2, 0.25) is 10.0 Å². The summed E-state index contributed by atoms with van der Waals surface area (Å²) in [6.07, 6.45) is -0.193. The smallest absolute Gasteiger partial charge is 0.321 e. The highest BCUT2D eigenvalue weighted by Crippen LogP contribution is 2.20. The molecule has 0 amide bonds. The zero-order valence-corrected chi connectivity index (χ0v) is 12.5. The van der Waals surface area contributed by atoms with Crippen LogP contribution in [0.25, 0.3) is 0 Å². The van der Waals surface area contributed by atoms with Gasteiger partial charge in [0.25, 0.3) is 0 Å². The molecule has 6 nitrogen and oxygen atoms in total. The Hall–Kier alpha value is -0.960. The SMILES string of the molecule is Cc1ccc(Br)cc1S(=O)(=O)NC(CCO)C(=O)O. The zero-order valence-electron chi connectivity index (χ0n) is 10.1. The minimum Gasteiger partial charge on any atom is -0.480 e. The lowest BCUT2D eigenvalue weighted by Gasteiger charge is -2.15. The van der Waals surface area contributed by atoms with Gasteiger partial charge in [0, 0.05) is 11.1 Å². The molecule has 19 heavy (non-hydrogen) atoms. The monoisotopic (exact) mass is 351 g/mol. The first-order valence-electron chi connectivity index (χ1n) is 5.40. The molecule has 3 N–H and O–H groups in total. The van der Waals surface area contributed by atoms with Crippen molar-refractivity contribution in [2.45, 2.75) is 24.3 Å². The number of hydrogen-bond acceptors (Lipinski definition) is 4. The van der Waals surface area contributed by atoms with Gasteiger partial charge in [-0.15, -0.1) is 0 Å². The van der Waals surface area contributed by atoms with Gasteiger partial charge in [-0.05, 0) is 31.0 Å². The van der Waals surface area contributed by atoms with E-state index in [1.54, 1.807) is 19.1 Å². The minimum atomic E-state index is -3.95. The summed E-state index contributed by atoms with van der Waals surface area (Å²) in [5, 5.41) is 17.6. The van der Waals surface area contributed by atoms with Gasteiger partial charge in [0.1, 0.15) is 6.04 Å². The summed E-state index contributed by atoms with van der Waals surface area (Å²) in [6, 6.07) is 3.35. The first-order chi connectivity index (χ1) is 8.77. The van der Waals surface area contributed by atoms with Crippen molar-refractivity contribution < 1.29 is 23.4 Å². The Bertz CT molecular complexity index is 572. The first-order valence-corrected chi connectivity index (χ1v) is 7.67. The highest BCUT2D eigenvalue weighted by atomic mass is 79.9. The molecule has 0 saturated carbocycles. The average Bonchev–Trinajstić information content (AvgIpc) is 2.31. The van der Waals surface area contributed by atoms with Crippen LogP contribution >= 0.6 is 15.9 Å². The van der Waals surface area contributed by atoms with E-state index >= 15 is 0 Å². The molecule has 0 heterocycles. The zero-order chi connectivity index (χ0) is 14.6.